The van der Waals surface area contributed by atoms with Crippen molar-refractivity contribution < 1.29 is 19.0 Å². The molecule has 0 spiro atoms. The lowest BCUT2D eigenvalue weighted by molar-refractivity contribution is -0.210. The van der Waals surface area contributed by atoms with E-state index in [-0.39, 0.29) is 12.3 Å². The molecule has 0 aromatic rings. The van der Waals surface area contributed by atoms with Crippen molar-refractivity contribution in [3.63, 3.8) is 0 Å². The molecule has 0 saturated carbocycles. The van der Waals surface area contributed by atoms with Gasteiger partial charge in [0.05, 0.1) is 0 Å². The third kappa shape index (κ3) is 6.92. The highest BCUT2D eigenvalue weighted by molar-refractivity contribution is 5.75. The van der Waals surface area contributed by atoms with Crippen molar-refractivity contribution in [3.8, 4) is 0 Å². The summed E-state index contributed by atoms with van der Waals surface area (Å²) >= 11 is 0. The molecule has 2 atom stereocenters. The average molecular weight is 272 g/mol. The van der Waals surface area contributed by atoms with E-state index in [0.29, 0.717) is 6.42 Å². The van der Waals surface area contributed by atoms with Gasteiger partial charge in [-0.05, 0) is 46.5 Å². The van der Waals surface area contributed by atoms with Crippen molar-refractivity contribution in [3.05, 3.63) is 0 Å². The van der Waals surface area contributed by atoms with E-state index < -0.39 is 11.7 Å². The molecule has 1 fully saturated rings. The Kier molecular flexibility index (Phi) is 6.80. The summed E-state index contributed by atoms with van der Waals surface area (Å²) in [6, 6.07) is 0. The molecule has 0 N–H and O–H groups in total. The summed E-state index contributed by atoms with van der Waals surface area (Å²) in [6.45, 7) is 8.44. The van der Waals surface area contributed by atoms with Crippen molar-refractivity contribution in [2.75, 3.05) is 6.61 Å². The Morgan fingerprint density at radius 3 is 2.63 bits per heavy atom. The van der Waals surface area contributed by atoms with Crippen molar-refractivity contribution in [2.24, 2.45) is 0 Å². The number of ether oxygens (including phenoxy) is 3. The van der Waals surface area contributed by atoms with Gasteiger partial charge >= 0.3 is 5.97 Å². The number of esters is 1. The van der Waals surface area contributed by atoms with Crippen molar-refractivity contribution in [1.82, 2.24) is 0 Å². The molecular weight excluding hydrogens is 244 g/mol. The van der Waals surface area contributed by atoms with Crippen LogP contribution in [0.3, 0.4) is 0 Å². The maximum absolute atomic E-state index is 12.1. The summed E-state index contributed by atoms with van der Waals surface area (Å²) in [6.07, 6.45) is 4.98. The molecule has 1 saturated heterocycles. The van der Waals surface area contributed by atoms with Crippen molar-refractivity contribution in [1.29, 1.82) is 0 Å². The van der Waals surface area contributed by atoms with Crippen LogP contribution in [0.2, 0.25) is 0 Å². The molecule has 1 heterocycles. The van der Waals surface area contributed by atoms with Gasteiger partial charge in [-0.1, -0.05) is 19.8 Å². The van der Waals surface area contributed by atoms with Gasteiger partial charge in [0.15, 0.2) is 12.4 Å². The maximum atomic E-state index is 12.1. The zero-order valence-electron chi connectivity index (χ0n) is 12.7. The molecule has 4 heteroatoms. The number of hydrogen-bond donors (Lipinski definition) is 0. The first-order valence-corrected chi connectivity index (χ1v) is 7.42. The van der Waals surface area contributed by atoms with Crippen LogP contribution in [0, 0.1) is 0 Å². The van der Waals surface area contributed by atoms with Crippen LogP contribution in [0.1, 0.15) is 66.2 Å². The molecule has 1 rings (SSSR count). The number of rotatable bonds is 6. The van der Waals surface area contributed by atoms with Gasteiger partial charge in [-0.3, -0.25) is 0 Å². The van der Waals surface area contributed by atoms with Crippen LogP contribution in [0.15, 0.2) is 0 Å². The first kappa shape index (κ1) is 16.4. The number of carbonyl (C=O) groups excluding carboxylic acids is 1. The summed E-state index contributed by atoms with van der Waals surface area (Å²) in [5.74, 6) is -0.268. The van der Waals surface area contributed by atoms with Crippen LogP contribution in [0.25, 0.3) is 0 Å². The average Bonchev–Trinajstić information content (AvgIpc) is 2.33. The van der Waals surface area contributed by atoms with Crippen LogP contribution in [0.5, 0.6) is 0 Å². The largest absolute Gasteiger partial charge is 0.458 e. The van der Waals surface area contributed by atoms with Gasteiger partial charge in [-0.2, -0.15) is 0 Å². The molecule has 0 radical (unpaired) electrons. The minimum Gasteiger partial charge on any atom is -0.458 e. The SMILES string of the molecule is CCCCC(OC1CCCCO1)C(=O)OC(C)(C)C. The van der Waals surface area contributed by atoms with Crippen LogP contribution in [0.4, 0.5) is 0 Å². The van der Waals surface area contributed by atoms with Gasteiger partial charge in [-0.25, -0.2) is 4.79 Å². The number of carbonyl (C=O) groups is 1. The third-order valence-corrected chi connectivity index (χ3v) is 2.94. The standard InChI is InChI=1S/C15H28O4/c1-5-6-9-12(14(16)19-15(2,3)4)18-13-10-7-8-11-17-13/h12-13H,5-11H2,1-4H3. The van der Waals surface area contributed by atoms with E-state index in [0.717, 1.165) is 38.7 Å². The quantitative estimate of drug-likeness (QED) is 0.695. The van der Waals surface area contributed by atoms with Gasteiger partial charge in [0.25, 0.3) is 0 Å². The number of unbranched alkanes of at least 4 members (excludes halogenated alkanes) is 1. The first-order chi connectivity index (χ1) is 8.92. The molecule has 0 aromatic carbocycles. The Labute approximate surface area is 116 Å². The molecule has 1 aliphatic heterocycles. The van der Waals surface area contributed by atoms with E-state index in [1.165, 1.54) is 0 Å². The lowest BCUT2D eigenvalue weighted by Gasteiger charge is -2.29. The Morgan fingerprint density at radius 1 is 1.37 bits per heavy atom. The van der Waals surface area contributed by atoms with E-state index >= 15 is 0 Å². The lowest BCUT2D eigenvalue weighted by atomic mass is 10.1. The van der Waals surface area contributed by atoms with E-state index in [2.05, 4.69) is 6.92 Å². The van der Waals surface area contributed by atoms with Gasteiger partial charge in [0, 0.05) is 6.61 Å². The van der Waals surface area contributed by atoms with Crippen LogP contribution < -0.4 is 0 Å². The molecule has 4 nitrogen and oxygen atoms in total. The molecule has 0 aliphatic carbocycles. The zero-order valence-corrected chi connectivity index (χ0v) is 12.7. The highest BCUT2D eigenvalue weighted by Crippen LogP contribution is 2.20. The monoisotopic (exact) mass is 272 g/mol. The second kappa shape index (κ2) is 7.85. The van der Waals surface area contributed by atoms with Crippen molar-refractivity contribution >= 4 is 5.97 Å². The van der Waals surface area contributed by atoms with Crippen LogP contribution in [-0.2, 0) is 19.0 Å². The summed E-state index contributed by atoms with van der Waals surface area (Å²) in [5.41, 5.74) is -0.474. The van der Waals surface area contributed by atoms with Gasteiger partial charge < -0.3 is 14.2 Å². The third-order valence-electron chi connectivity index (χ3n) is 2.94. The predicted octanol–water partition coefficient (Wildman–Crippen LogP) is 3.43. The molecule has 19 heavy (non-hydrogen) atoms. The number of hydrogen-bond acceptors (Lipinski definition) is 4. The second-order valence-corrected chi connectivity index (χ2v) is 6.10. The molecule has 0 bridgehead atoms. The Morgan fingerprint density at radius 2 is 2.11 bits per heavy atom. The van der Waals surface area contributed by atoms with Crippen LogP contribution in [-0.4, -0.2) is 30.6 Å². The van der Waals surface area contributed by atoms with E-state index in [1.54, 1.807) is 0 Å². The van der Waals surface area contributed by atoms with Gasteiger partial charge in [0.2, 0.25) is 0 Å². The normalized spacial score (nSPS) is 22.0. The molecule has 0 amide bonds. The van der Waals surface area contributed by atoms with Crippen LogP contribution >= 0.6 is 0 Å². The summed E-state index contributed by atoms with van der Waals surface area (Å²) in [7, 11) is 0. The molecular formula is C15H28O4. The fourth-order valence-corrected chi connectivity index (χ4v) is 2.00. The Balaban J connectivity index is 2.51. The second-order valence-electron chi connectivity index (χ2n) is 6.10. The first-order valence-electron chi connectivity index (χ1n) is 7.42. The molecule has 2 unspecified atom stereocenters. The van der Waals surface area contributed by atoms with E-state index in [1.807, 2.05) is 20.8 Å². The fraction of sp³-hybridized carbons (Fsp3) is 0.933. The zero-order chi connectivity index (χ0) is 14.3. The summed E-state index contributed by atoms with van der Waals surface area (Å²) in [4.78, 5) is 12.1. The topological polar surface area (TPSA) is 44.8 Å². The maximum Gasteiger partial charge on any atom is 0.335 e. The summed E-state index contributed by atoms with van der Waals surface area (Å²) < 4.78 is 16.8. The fourth-order valence-electron chi connectivity index (χ4n) is 2.00. The van der Waals surface area contributed by atoms with Gasteiger partial charge in [0.1, 0.15) is 5.60 Å². The Hall–Kier alpha value is -0.610. The molecule has 1 aliphatic rings. The minimum absolute atomic E-state index is 0.247. The highest BCUT2D eigenvalue weighted by atomic mass is 16.7. The van der Waals surface area contributed by atoms with E-state index in [4.69, 9.17) is 14.2 Å². The molecule has 112 valence electrons. The van der Waals surface area contributed by atoms with Gasteiger partial charge in [-0.15, -0.1) is 0 Å². The minimum atomic E-state index is -0.498. The highest BCUT2D eigenvalue weighted by Gasteiger charge is 2.29. The smallest absolute Gasteiger partial charge is 0.335 e. The Bertz CT molecular complexity index is 264. The predicted molar refractivity (Wildman–Crippen MR) is 73.8 cm³/mol. The van der Waals surface area contributed by atoms with Crippen molar-refractivity contribution in [2.45, 2.75) is 84.2 Å². The van der Waals surface area contributed by atoms with E-state index in [9.17, 15) is 4.79 Å². The summed E-state index contributed by atoms with van der Waals surface area (Å²) in [5, 5.41) is 0. The lowest BCUT2D eigenvalue weighted by Crippen LogP contribution is -2.37. The molecule has 0 aromatic heterocycles.